The maximum Gasteiger partial charge on any atom is 0.335 e. The summed E-state index contributed by atoms with van der Waals surface area (Å²) in [5.74, 6) is -0.892. The normalized spacial score (nSPS) is 10.9. The first-order valence-electron chi connectivity index (χ1n) is 5.72. The average Bonchev–Trinajstić information content (AvgIpc) is 2.67. The molecule has 3 N–H and O–H groups in total. The number of aromatic carboxylic acids is 1. The predicted octanol–water partition coefficient (Wildman–Crippen LogP) is 1.86. The smallest absolute Gasteiger partial charge is 0.335 e. The quantitative estimate of drug-likeness (QED) is 0.845. The summed E-state index contributed by atoms with van der Waals surface area (Å²) in [6, 6.07) is 5.24. The third-order valence-electron chi connectivity index (χ3n) is 2.97. The molecule has 0 aliphatic rings. The lowest BCUT2D eigenvalue weighted by atomic mass is 10.1. The topological polar surface area (TPSA) is 68.2 Å². The molecule has 0 unspecified atom stereocenters. The Labute approximate surface area is 99.7 Å². The highest BCUT2D eigenvalue weighted by atomic mass is 16.4. The van der Waals surface area contributed by atoms with Crippen molar-refractivity contribution in [3.05, 3.63) is 35.5 Å². The van der Waals surface area contributed by atoms with Crippen LogP contribution in [-0.4, -0.2) is 22.2 Å². The van der Waals surface area contributed by atoms with Gasteiger partial charge in [-0.3, -0.25) is 0 Å². The molecule has 1 heterocycles. The first kappa shape index (κ1) is 11.7. The highest BCUT2D eigenvalue weighted by Gasteiger charge is 2.10. The molecule has 0 saturated carbocycles. The molecule has 1 aromatic heterocycles. The van der Waals surface area contributed by atoms with Crippen LogP contribution in [0.2, 0.25) is 0 Å². The third-order valence-corrected chi connectivity index (χ3v) is 2.97. The molecule has 0 amide bonds. The molecule has 2 rings (SSSR count). The van der Waals surface area contributed by atoms with Gasteiger partial charge < -0.3 is 15.4 Å². The van der Waals surface area contributed by atoms with E-state index < -0.39 is 5.97 Å². The minimum Gasteiger partial charge on any atom is -0.478 e. The summed E-state index contributed by atoms with van der Waals surface area (Å²) in [7, 11) is 0. The second kappa shape index (κ2) is 4.59. The van der Waals surface area contributed by atoms with Crippen LogP contribution >= 0.6 is 0 Å². The van der Waals surface area contributed by atoms with Crippen LogP contribution in [0, 0.1) is 0 Å². The van der Waals surface area contributed by atoms with Crippen molar-refractivity contribution in [2.45, 2.75) is 19.9 Å². The van der Waals surface area contributed by atoms with Crippen LogP contribution in [-0.2, 0) is 13.0 Å². The molecule has 0 aliphatic carbocycles. The number of hydrogen-bond donors (Lipinski definition) is 2. The summed E-state index contributed by atoms with van der Waals surface area (Å²) in [6.07, 6.45) is 2.87. The monoisotopic (exact) mass is 232 g/mol. The van der Waals surface area contributed by atoms with Gasteiger partial charge in [0.05, 0.1) is 5.56 Å². The van der Waals surface area contributed by atoms with E-state index in [2.05, 4.69) is 10.8 Å². The van der Waals surface area contributed by atoms with E-state index >= 15 is 0 Å². The SMILES string of the molecule is CCn1cc(CCN)c2ccc(C(=O)O)cc21. The third kappa shape index (κ3) is 2.03. The minimum atomic E-state index is -0.892. The maximum atomic E-state index is 10.9. The maximum absolute atomic E-state index is 10.9. The van der Waals surface area contributed by atoms with Crippen molar-refractivity contribution in [3.63, 3.8) is 0 Å². The van der Waals surface area contributed by atoms with E-state index in [1.807, 2.05) is 13.0 Å². The summed E-state index contributed by atoms with van der Waals surface area (Å²) in [5.41, 5.74) is 8.05. The summed E-state index contributed by atoms with van der Waals surface area (Å²) < 4.78 is 2.06. The van der Waals surface area contributed by atoms with E-state index in [-0.39, 0.29) is 0 Å². The molecule has 0 fully saturated rings. The Morgan fingerprint density at radius 3 is 2.82 bits per heavy atom. The van der Waals surface area contributed by atoms with Crippen molar-refractivity contribution < 1.29 is 9.90 Å². The van der Waals surface area contributed by atoms with Crippen LogP contribution < -0.4 is 5.73 Å². The van der Waals surface area contributed by atoms with E-state index in [0.717, 1.165) is 23.9 Å². The molecule has 0 saturated heterocycles. The highest BCUT2D eigenvalue weighted by Crippen LogP contribution is 2.23. The highest BCUT2D eigenvalue weighted by molar-refractivity contribution is 5.94. The molecule has 0 atom stereocenters. The zero-order valence-corrected chi connectivity index (χ0v) is 9.81. The molecule has 1 aromatic carbocycles. The van der Waals surface area contributed by atoms with E-state index in [0.29, 0.717) is 12.1 Å². The van der Waals surface area contributed by atoms with Gasteiger partial charge in [0.15, 0.2) is 0 Å². The van der Waals surface area contributed by atoms with Gasteiger partial charge in [0.2, 0.25) is 0 Å². The Kier molecular flexibility index (Phi) is 3.15. The van der Waals surface area contributed by atoms with Crippen LogP contribution in [0.25, 0.3) is 10.9 Å². The largest absolute Gasteiger partial charge is 0.478 e. The van der Waals surface area contributed by atoms with Crippen molar-refractivity contribution in [3.8, 4) is 0 Å². The van der Waals surface area contributed by atoms with Gasteiger partial charge in [0.1, 0.15) is 0 Å². The number of carbonyl (C=O) groups is 1. The molecule has 4 heteroatoms. The molecule has 0 spiro atoms. The zero-order chi connectivity index (χ0) is 12.4. The van der Waals surface area contributed by atoms with E-state index in [1.54, 1.807) is 12.1 Å². The number of fused-ring (bicyclic) bond motifs is 1. The minimum absolute atomic E-state index is 0.324. The molecule has 0 aliphatic heterocycles. The summed E-state index contributed by atoms with van der Waals surface area (Å²) in [6.45, 7) is 3.47. The lowest BCUT2D eigenvalue weighted by Crippen LogP contribution is -2.02. The Hall–Kier alpha value is -1.81. The number of rotatable bonds is 4. The average molecular weight is 232 g/mol. The lowest BCUT2D eigenvalue weighted by molar-refractivity contribution is 0.0697. The number of nitrogens with zero attached hydrogens (tertiary/aromatic N) is 1. The molecular formula is C13H16N2O2. The summed E-state index contributed by atoms with van der Waals surface area (Å²) in [5, 5.41) is 10.1. The summed E-state index contributed by atoms with van der Waals surface area (Å²) >= 11 is 0. The second-order valence-corrected chi connectivity index (χ2v) is 4.02. The number of benzene rings is 1. The fourth-order valence-electron chi connectivity index (χ4n) is 2.12. The number of nitrogens with two attached hydrogens (primary N) is 1. The predicted molar refractivity (Wildman–Crippen MR) is 67.3 cm³/mol. The van der Waals surface area contributed by atoms with Gasteiger partial charge in [0, 0.05) is 23.6 Å². The second-order valence-electron chi connectivity index (χ2n) is 4.02. The van der Waals surface area contributed by atoms with E-state index in [1.165, 1.54) is 5.56 Å². The Morgan fingerprint density at radius 2 is 2.24 bits per heavy atom. The number of aromatic nitrogens is 1. The van der Waals surface area contributed by atoms with Gasteiger partial charge >= 0.3 is 5.97 Å². The van der Waals surface area contributed by atoms with Crippen molar-refractivity contribution in [2.75, 3.05) is 6.54 Å². The Bertz CT molecular complexity index is 558. The van der Waals surface area contributed by atoms with E-state index in [9.17, 15) is 4.79 Å². The van der Waals surface area contributed by atoms with Crippen LogP contribution in [0.3, 0.4) is 0 Å². The van der Waals surface area contributed by atoms with Crippen molar-refractivity contribution in [1.82, 2.24) is 4.57 Å². The van der Waals surface area contributed by atoms with E-state index in [4.69, 9.17) is 10.8 Å². The Morgan fingerprint density at radius 1 is 1.47 bits per heavy atom. The van der Waals surface area contributed by atoms with Gasteiger partial charge in [-0.1, -0.05) is 6.07 Å². The number of carboxylic acids is 1. The lowest BCUT2D eigenvalue weighted by Gasteiger charge is -2.01. The number of carboxylic acid groups (broad SMARTS) is 1. The van der Waals surface area contributed by atoms with Gasteiger partial charge in [-0.2, -0.15) is 0 Å². The fraction of sp³-hybridized carbons (Fsp3) is 0.308. The standard InChI is InChI=1S/C13H16N2O2/c1-2-15-8-10(5-6-14)11-4-3-9(13(16)17)7-12(11)15/h3-4,7-8H,2,5-6,14H2,1H3,(H,16,17). The van der Waals surface area contributed by atoms with Crippen molar-refractivity contribution >= 4 is 16.9 Å². The molecule has 0 bridgehead atoms. The molecule has 4 nitrogen and oxygen atoms in total. The van der Waals surface area contributed by atoms with Gasteiger partial charge in [-0.15, -0.1) is 0 Å². The molecule has 17 heavy (non-hydrogen) atoms. The molecule has 2 aromatic rings. The van der Waals surface area contributed by atoms with Crippen LogP contribution in [0.4, 0.5) is 0 Å². The molecule has 90 valence electrons. The van der Waals surface area contributed by atoms with Crippen molar-refractivity contribution in [1.29, 1.82) is 0 Å². The number of hydrogen-bond acceptors (Lipinski definition) is 2. The van der Waals surface area contributed by atoms with Crippen LogP contribution in [0.1, 0.15) is 22.8 Å². The van der Waals surface area contributed by atoms with Crippen molar-refractivity contribution in [2.24, 2.45) is 5.73 Å². The van der Waals surface area contributed by atoms with Crippen LogP contribution in [0.15, 0.2) is 24.4 Å². The molecule has 0 radical (unpaired) electrons. The number of aryl methyl sites for hydroxylation is 1. The zero-order valence-electron chi connectivity index (χ0n) is 9.81. The van der Waals surface area contributed by atoms with Gasteiger partial charge in [-0.25, -0.2) is 4.79 Å². The first-order valence-corrected chi connectivity index (χ1v) is 5.72. The van der Waals surface area contributed by atoms with Crippen LogP contribution in [0.5, 0.6) is 0 Å². The fourth-order valence-corrected chi connectivity index (χ4v) is 2.12. The van der Waals surface area contributed by atoms with Gasteiger partial charge in [0.25, 0.3) is 0 Å². The molecular weight excluding hydrogens is 216 g/mol. The summed E-state index contributed by atoms with van der Waals surface area (Å²) in [4.78, 5) is 10.9. The van der Waals surface area contributed by atoms with Gasteiger partial charge in [-0.05, 0) is 37.6 Å². The first-order chi connectivity index (χ1) is 8.17. The Balaban J connectivity index is 2.63.